The molecule has 0 aliphatic heterocycles. The van der Waals surface area contributed by atoms with E-state index in [0.29, 0.717) is 0 Å². The van der Waals surface area contributed by atoms with Crippen molar-refractivity contribution in [3.8, 4) is 33.4 Å². The second-order valence-electron chi connectivity index (χ2n) is 40.2. The number of rotatable bonds is 42. The van der Waals surface area contributed by atoms with Gasteiger partial charge in [-0.15, -0.1) is 0 Å². The molecule has 12 rings (SSSR count). The smallest absolute Gasteiger partial charge is 0.0540 e. The third-order valence-electron chi connectivity index (χ3n) is 29.5. The van der Waals surface area contributed by atoms with Crippen LogP contribution in [-0.2, 0) is 43.3 Å². The molecule has 624 valence electrons. The molecule has 0 saturated carbocycles. The maximum Gasteiger partial charge on any atom is 0.0540 e. The Balaban J connectivity index is 0.975. The van der Waals surface area contributed by atoms with Gasteiger partial charge in [-0.3, -0.25) is 0 Å². The largest absolute Gasteiger partial charge is 0.311 e. The van der Waals surface area contributed by atoms with Gasteiger partial charge in [-0.25, -0.2) is 0 Å². The Hall–Kier alpha value is -8.46. The normalized spacial score (nSPS) is 13.8. The summed E-state index contributed by atoms with van der Waals surface area (Å²) in [6.45, 7) is 47.8. The van der Waals surface area contributed by atoms with E-state index in [9.17, 15) is 0 Å². The second kappa shape index (κ2) is 38.5. The highest BCUT2D eigenvalue weighted by Gasteiger charge is 2.51. The third-order valence-corrected chi connectivity index (χ3v) is 29.5. The molecule has 0 N–H and O–H groups in total. The highest BCUT2D eigenvalue weighted by atomic mass is 15.1. The van der Waals surface area contributed by atoms with Crippen LogP contribution in [0.25, 0.3) is 39.5 Å². The Morgan fingerprint density at radius 2 is 0.534 bits per heavy atom. The zero-order valence-electron chi connectivity index (χ0n) is 76.8. The molecule has 0 saturated heterocycles. The lowest BCUT2D eigenvalue weighted by atomic mass is 9.60. The predicted octanol–water partition coefficient (Wildman–Crippen LogP) is 35.6. The van der Waals surface area contributed by atoms with Crippen molar-refractivity contribution in [3.63, 3.8) is 0 Å². The lowest BCUT2D eigenvalue weighted by Gasteiger charge is -2.44. The van der Waals surface area contributed by atoms with E-state index < -0.39 is 0 Å². The van der Waals surface area contributed by atoms with Gasteiger partial charge >= 0.3 is 0 Å². The van der Waals surface area contributed by atoms with Crippen LogP contribution >= 0.6 is 0 Å². The molecular formula is C116H150N2. The van der Waals surface area contributed by atoms with Crippen LogP contribution in [0, 0.1) is 0 Å². The zero-order chi connectivity index (χ0) is 84.1. The minimum atomic E-state index is -0.251. The molecule has 0 aromatic heterocycles. The van der Waals surface area contributed by atoms with Crippen LogP contribution < -0.4 is 9.80 Å². The summed E-state index contributed by atoms with van der Waals surface area (Å²) in [5.41, 5.74) is 30.3. The van der Waals surface area contributed by atoms with Crippen molar-refractivity contribution < 1.29 is 0 Å². The molecule has 2 nitrogen and oxygen atoms in total. The van der Waals surface area contributed by atoms with Crippen molar-refractivity contribution in [2.75, 3.05) is 9.80 Å². The van der Waals surface area contributed by atoms with E-state index in [4.69, 9.17) is 0 Å². The summed E-state index contributed by atoms with van der Waals surface area (Å²) in [5.74, 6) is 0. The standard InChI is InChI=1S/C116H150N2/c1-20-25-29-33-37-46-78-115(79-47-38-34-30-26-21-2)104-82-92(113(16,17)111(12,13)90-60-72-96(73-61-90)117(94-66-54-86(24-5)55-67-94)95-68-56-88(57-69-95)109(6,7)8)64-76-100(104)102-84-107-103(85-106(102)115)101-77-65-93(83-105(101)116(107,80-48-39-35-31-27-22-3)81-49-40-36-32-28-23-4)114(18,19)112(14,15)91-62-74-98(75-63-91)118(97-70-58-89(59-71-97)110(9,10)11)108-53-45-44-52-99(108)87-50-42-41-43-51-87/h24,41-45,50-77,82-85H,5,20-23,25-40,46-49,78-81H2,1-4,6-19H3. The van der Waals surface area contributed by atoms with Gasteiger partial charge in [0.25, 0.3) is 0 Å². The number of fused-ring (bicyclic) bond motifs is 6. The topological polar surface area (TPSA) is 6.48 Å². The van der Waals surface area contributed by atoms with E-state index in [1.54, 1.807) is 33.4 Å². The highest BCUT2D eigenvalue weighted by Crippen LogP contribution is 2.63. The monoisotopic (exact) mass is 1570 g/mol. The molecule has 2 heteroatoms. The molecule has 0 spiro atoms. The van der Waals surface area contributed by atoms with Gasteiger partial charge in [-0.05, 0) is 226 Å². The fourth-order valence-electron chi connectivity index (χ4n) is 20.3. The first-order valence-corrected chi connectivity index (χ1v) is 47.0. The molecule has 118 heavy (non-hydrogen) atoms. The Labute approximate surface area is 718 Å². The fourth-order valence-corrected chi connectivity index (χ4v) is 20.3. The second-order valence-corrected chi connectivity index (χ2v) is 40.2. The van der Waals surface area contributed by atoms with Gasteiger partial charge < -0.3 is 9.80 Å². The summed E-state index contributed by atoms with van der Waals surface area (Å²) >= 11 is 0. The van der Waals surface area contributed by atoms with E-state index in [0.717, 1.165) is 34.0 Å². The van der Waals surface area contributed by atoms with Crippen LogP contribution in [-0.4, -0.2) is 0 Å². The predicted molar refractivity (Wildman–Crippen MR) is 518 cm³/mol. The first kappa shape index (κ1) is 88.8. The maximum absolute atomic E-state index is 4.09. The van der Waals surface area contributed by atoms with Crippen LogP contribution in [0.4, 0.5) is 34.1 Å². The van der Waals surface area contributed by atoms with E-state index >= 15 is 0 Å². The highest BCUT2D eigenvalue weighted by molar-refractivity contribution is 5.92. The van der Waals surface area contributed by atoms with Gasteiger partial charge in [-0.2, -0.15) is 0 Å². The molecule has 0 heterocycles. The zero-order valence-corrected chi connectivity index (χ0v) is 76.8. The molecule has 2 aliphatic rings. The van der Waals surface area contributed by atoms with E-state index in [-0.39, 0.29) is 43.3 Å². The van der Waals surface area contributed by atoms with Gasteiger partial charge in [0, 0.05) is 44.8 Å². The quantitative estimate of drug-likeness (QED) is 0.0352. The van der Waals surface area contributed by atoms with Crippen LogP contribution in [0.3, 0.4) is 0 Å². The number of unbranched alkanes of at least 4 members (excludes halogenated alkanes) is 20. The van der Waals surface area contributed by atoms with E-state index in [2.05, 4.69) is 365 Å². The molecule has 0 unspecified atom stereocenters. The first-order chi connectivity index (χ1) is 56.6. The average molecular weight is 1570 g/mol. The van der Waals surface area contributed by atoms with Crippen molar-refractivity contribution in [2.24, 2.45) is 0 Å². The Morgan fingerprint density at radius 3 is 0.873 bits per heavy atom. The van der Waals surface area contributed by atoms with E-state index in [1.165, 1.54) is 241 Å². The number of anilines is 6. The molecule has 10 aromatic rings. The van der Waals surface area contributed by atoms with Crippen molar-refractivity contribution in [2.45, 2.75) is 348 Å². The molecule has 0 radical (unpaired) electrons. The summed E-state index contributed by atoms with van der Waals surface area (Å²) in [6.07, 6.45) is 37.8. The Kier molecular flexibility index (Phi) is 29.0. The van der Waals surface area contributed by atoms with Gasteiger partial charge in [0.05, 0.1) is 5.69 Å². The molecule has 0 bridgehead atoms. The number of hydrogen-bond acceptors (Lipinski definition) is 2. The van der Waals surface area contributed by atoms with Crippen LogP contribution in [0.5, 0.6) is 0 Å². The van der Waals surface area contributed by atoms with Crippen LogP contribution in [0.15, 0.2) is 231 Å². The van der Waals surface area contributed by atoms with Crippen molar-refractivity contribution in [3.05, 3.63) is 292 Å². The summed E-state index contributed by atoms with van der Waals surface area (Å²) < 4.78 is 0. The molecule has 2 aliphatic carbocycles. The van der Waals surface area contributed by atoms with Crippen molar-refractivity contribution >= 4 is 40.2 Å². The summed E-state index contributed by atoms with van der Waals surface area (Å²) in [4.78, 5) is 4.90. The number of hydrogen-bond donors (Lipinski definition) is 0. The molecule has 0 amide bonds. The van der Waals surface area contributed by atoms with Gasteiger partial charge in [0.2, 0.25) is 0 Å². The summed E-state index contributed by atoms with van der Waals surface area (Å²) in [6, 6.07) is 88.6. The third kappa shape index (κ3) is 18.8. The Bertz CT molecular complexity index is 4840. The average Bonchev–Trinajstić information content (AvgIpc) is 1.53. The maximum atomic E-state index is 4.09. The summed E-state index contributed by atoms with van der Waals surface area (Å²) in [5, 5.41) is 0. The van der Waals surface area contributed by atoms with Gasteiger partial charge in [0.15, 0.2) is 0 Å². The number of nitrogens with zero attached hydrogens (tertiary/aromatic N) is 2. The molecule has 0 fully saturated rings. The fraction of sp³-hybridized carbons (Fsp3) is 0.466. The molecule has 0 atom stereocenters. The minimum absolute atomic E-state index is 0.0454. The van der Waals surface area contributed by atoms with Gasteiger partial charge in [-0.1, -0.05) is 437 Å². The summed E-state index contributed by atoms with van der Waals surface area (Å²) in [7, 11) is 0. The van der Waals surface area contributed by atoms with Crippen LogP contribution in [0.2, 0.25) is 0 Å². The lowest BCUT2D eigenvalue weighted by Crippen LogP contribution is -2.40. The lowest BCUT2D eigenvalue weighted by molar-refractivity contribution is 0.302. The number of benzene rings is 10. The van der Waals surface area contributed by atoms with Crippen LogP contribution in [0.1, 0.15) is 366 Å². The first-order valence-electron chi connectivity index (χ1n) is 47.0. The molecular weight excluding hydrogens is 1420 g/mol. The number of para-hydroxylation sites is 1. The van der Waals surface area contributed by atoms with Crippen molar-refractivity contribution in [1.29, 1.82) is 0 Å². The minimum Gasteiger partial charge on any atom is -0.311 e. The van der Waals surface area contributed by atoms with Crippen molar-refractivity contribution in [1.82, 2.24) is 0 Å². The SMILES string of the molecule is C=Cc1ccc(N(c2ccc(C(C)(C)C)cc2)c2ccc(C(C)(C)C(C)(C)c3ccc4c(c3)C(CCCCCCCC)(CCCCCCCC)c3cc5c(cc3-4)C(CCCCCCCC)(CCCCCCCC)c3cc(C(C)(C)C(C)(C)c4ccc(N(c6ccc(C(C)(C)C)cc6)c6ccccc6-c6ccccc6)cc4)ccc3-5)cc2)cc1. The van der Waals surface area contributed by atoms with Gasteiger partial charge in [0.1, 0.15) is 0 Å². The van der Waals surface area contributed by atoms with E-state index in [1.807, 2.05) is 6.08 Å². The molecule has 10 aromatic carbocycles. The Morgan fingerprint density at radius 1 is 0.254 bits per heavy atom.